The van der Waals surface area contributed by atoms with Crippen molar-refractivity contribution in [3.05, 3.63) is 42.5 Å². The molecule has 9 heteroatoms. The monoisotopic (exact) mass is 466 g/mol. The fraction of sp³-hybridized carbons (Fsp3) is 0.375. The molecule has 172 valence electrons. The van der Waals surface area contributed by atoms with Crippen molar-refractivity contribution in [2.75, 3.05) is 18.2 Å². The van der Waals surface area contributed by atoms with Gasteiger partial charge in [-0.05, 0) is 49.2 Å². The Morgan fingerprint density at radius 2 is 1.85 bits per heavy atom. The van der Waals surface area contributed by atoms with Crippen LogP contribution in [0.15, 0.2) is 47.6 Å². The molecule has 1 aliphatic carbocycles. The summed E-state index contributed by atoms with van der Waals surface area (Å²) < 4.78 is 19.3. The predicted octanol–water partition coefficient (Wildman–Crippen LogP) is 4.65. The molecular formula is C24H26N4O4S. The summed E-state index contributed by atoms with van der Waals surface area (Å²) in [7, 11) is 3.52. The third kappa shape index (κ3) is 4.50. The minimum absolute atomic E-state index is 0.125. The van der Waals surface area contributed by atoms with Crippen LogP contribution in [0.3, 0.4) is 0 Å². The van der Waals surface area contributed by atoms with E-state index in [-0.39, 0.29) is 11.7 Å². The number of fused-ring (bicyclic) bond motifs is 1. The molecule has 1 saturated carbocycles. The van der Waals surface area contributed by atoms with Gasteiger partial charge in [-0.1, -0.05) is 18.2 Å². The number of rotatable bonds is 6. The summed E-state index contributed by atoms with van der Waals surface area (Å²) in [5.41, 5.74) is 1.62. The molecule has 8 nitrogen and oxygen atoms in total. The largest absolute Gasteiger partial charge is 0.497 e. The second-order valence-corrected chi connectivity index (χ2v) is 9.21. The Balaban J connectivity index is 1.19. The van der Waals surface area contributed by atoms with Gasteiger partial charge in [0.2, 0.25) is 5.91 Å². The van der Waals surface area contributed by atoms with E-state index in [0.717, 1.165) is 48.6 Å². The second-order valence-electron chi connectivity index (χ2n) is 8.27. The number of nitrogens with one attached hydrogen (secondary N) is 1. The van der Waals surface area contributed by atoms with Gasteiger partial charge in [0.1, 0.15) is 5.75 Å². The molecule has 1 spiro atoms. The van der Waals surface area contributed by atoms with Gasteiger partial charge in [-0.25, -0.2) is 0 Å². The highest BCUT2D eigenvalue weighted by atomic mass is 32.2. The fourth-order valence-corrected chi connectivity index (χ4v) is 4.94. The van der Waals surface area contributed by atoms with Crippen molar-refractivity contribution in [2.45, 2.75) is 43.0 Å². The van der Waals surface area contributed by atoms with E-state index in [1.165, 1.54) is 18.2 Å². The number of ether oxygens (including phenoxy) is 3. The molecule has 3 aromatic rings. The number of aromatic nitrogens is 3. The number of amides is 1. The van der Waals surface area contributed by atoms with Gasteiger partial charge in [-0.2, -0.15) is 0 Å². The van der Waals surface area contributed by atoms with Crippen LogP contribution < -0.4 is 19.5 Å². The zero-order valence-electron chi connectivity index (χ0n) is 18.7. The molecule has 1 amide bonds. The molecule has 5 rings (SSSR count). The van der Waals surface area contributed by atoms with E-state index >= 15 is 0 Å². The molecule has 2 aromatic carbocycles. The van der Waals surface area contributed by atoms with E-state index in [1.54, 1.807) is 7.11 Å². The lowest BCUT2D eigenvalue weighted by Crippen LogP contribution is -2.40. The SMILES string of the molecule is COc1ccc(-c2nnc(SCC(=O)Nc3ccc4c(c3)OC3(CCCCC3)O4)n2C)cc1. The quantitative estimate of drug-likeness (QED) is 0.529. The molecule has 2 aliphatic rings. The molecule has 0 atom stereocenters. The Bertz CT molecular complexity index is 1160. The molecule has 2 heterocycles. The number of thioether (sulfide) groups is 1. The number of anilines is 1. The van der Waals surface area contributed by atoms with Crippen LogP contribution in [-0.2, 0) is 11.8 Å². The molecule has 0 bridgehead atoms. The zero-order chi connectivity index (χ0) is 22.8. The van der Waals surface area contributed by atoms with E-state index in [9.17, 15) is 4.79 Å². The minimum atomic E-state index is -0.522. The minimum Gasteiger partial charge on any atom is -0.497 e. The third-order valence-electron chi connectivity index (χ3n) is 5.95. The first-order valence-corrected chi connectivity index (χ1v) is 12.0. The van der Waals surface area contributed by atoms with Gasteiger partial charge in [-0.3, -0.25) is 4.79 Å². The number of carbonyl (C=O) groups is 1. The van der Waals surface area contributed by atoms with Crippen LogP contribution in [-0.4, -0.2) is 39.3 Å². The van der Waals surface area contributed by atoms with E-state index in [4.69, 9.17) is 14.2 Å². The Kier molecular flexibility index (Phi) is 5.88. The van der Waals surface area contributed by atoms with Gasteiger partial charge in [0.05, 0.1) is 12.9 Å². The number of hydrogen-bond donors (Lipinski definition) is 1. The average Bonchev–Trinajstić information content (AvgIpc) is 3.37. The van der Waals surface area contributed by atoms with E-state index in [0.29, 0.717) is 16.6 Å². The molecule has 0 saturated heterocycles. The van der Waals surface area contributed by atoms with Crippen LogP contribution in [0.2, 0.25) is 0 Å². The van der Waals surface area contributed by atoms with E-state index in [2.05, 4.69) is 15.5 Å². The first-order valence-electron chi connectivity index (χ1n) is 11.0. The molecule has 1 fully saturated rings. The molecule has 1 aliphatic heterocycles. The summed E-state index contributed by atoms with van der Waals surface area (Å²) in [6.45, 7) is 0. The fourth-order valence-electron chi connectivity index (χ4n) is 4.23. The van der Waals surface area contributed by atoms with Crippen molar-refractivity contribution in [1.29, 1.82) is 0 Å². The van der Waals surface area contributed by atoms with Gasteiger partial charge in [0.15, 0.2) is 22.5 Å². The van der Waals surface area contributed by atoms with E-state index in [1.807, 2.05) is 54.1 Å². The maximum absolute atomic E-state index is 12.6. The van der Waals surface area contributed by atoms with Crippen molar-refractivity contribution >= 4 is 23.4 Å². The molecule has 1 aromatic heterocycles. The highest BCUT2D eigenvalue weighted by Crippen LogP contribution is 2.46. The second kappa shape index (κ2) is 8.97. The zero-order valence-corrected chi connectivity index (χ0v) is 19.5. The van der Waals surface area contributed by atoms with Crippen LogP contribution in [0.5, 0.6) is 17.2 Å². The molecule has 1 N–H and O–H groups in total. The molecule has 0 radical (unpaired) electrons. The lowest BCUT2D eigenvalue weighted by atomic mass is 9.94. The summed E-state index contributed by atoms with van der Waals surface area (Å²) in [4.78, 5) is 12.6. The van der Waals surface area contributed by atoms with Gasteiger partial charge in [0, 0.05) is 37.2 Å². The Hall–Kier alpha value is -3.20. The Labute approximate surface area is 196 Å². The lowest BCUT2D eigenvalue weighted by Gasteiger charge is -2.31. The van der Waals surface area contributed by atoms with Gasteiger partial charge in [-0.15, -0.1) is 10.2 Å². The summed E-state index contributed by atoms with van der Waals surface area (Å²) in [6.07, 6.45) is 5.23. The number of nitrogens with zero attached hydrogens (tertiary/aromatic N) is 3. The number of carbonyl (C=O) groups excluding carboxylic acids is 1. The maximum Gasteiger partial charge on any atom is 0.251 e. The smallest absolute Gasteiger partial charge is 0.251 e. The first kappa shape index (κ1) is 21.6. The van der Waals surface area contributed by atoms with E-state index < -0.39 is 5.79 Å². The van der Waals surface area contributed by atoms with Gasteiger partial charge < -0.3 is 24.1 Å². The average molecular weight is 467 g/mol. The molecule has 33 heavy (non-hydrogen) atoms. The summed E-state index contributed by atoms with van der Waals surface area (Å²) >= 11 is 1.34. The van der Waals surface area contributed by atoms with Crippen molar-refractivity contribution in [3.63, 3.8) is 0 Å². The number of methoxy groups -OCH3 is 1. The van der Waals surface area contributed by atoms with Crippen LogP contribution in [0.1, 0.15) is 32.1 Å². The van der Waals surface area contributed by atoms with Crippen molar-refractivity contribution < 1.29 is 19.0 Å². The van der Waals surface area contributed by atoms with Crippen LogP contribution in [0.25, 0.3) is 11.4 Å². The van der Waals surface area contributed by atoms with Crippen LogP contribution >= 0.6 is 11.8 Å². The van der Waals surface area contributed by atoms with Gasteiger partial charge >= 0.3 is 0 Å². The Morgan fingerprint density at radius 3 is 2.61 bits per heavy atom. The summed E-state index contributed by atoms with van der Waals surface area (Å²) in [5.74, 6) is 2.52. The third-order valence-corrected chi connectivity index (χ3v) is 6.97. The van der Waals surface area contributed by atoms with Crippen LogP contribution in [0, 0.1) is 0 Å². The van der Waals surface area contributed by atoms with Crippen molar-refractivity contribution in [3.8, 4) is 28.6 Å². The highest BCUT2D eigenvalue weighted by molar-refractivity contribution is 7.99. The van der Waals surface area contributed by atoms with Gasteiger partial charge in [0.25, 0.3) is 5.79 Å². The van der Waals surface area contributed by atoms with Crippen LogP contribution in [0.4, 0.5) is 5.69 Å². The lowest BCUT2D eigenvalue weighted by molar-refractivity contribution is -0.113. The standard InChI is InChI=1S/C24H26N4O4S/c1-28-22(16-6-9-18(30-2)10-7-16)26-27-23(28)33-15-21(29)25-17-8-11-19-20(14-17)32-24(31-19)12-4-3-5-13-24/h6-11,14H,3-5,12-13,15H2,1-2H3,(H,25,29). The Morgan fingerprint density at radius 1 is 1.09 bits per heavy atom. The number of hydrogen-bond acceptors (Lipinski definition) is 7. The first-order chi connectivity index (χ1) is 16.0. The molecular weight excluding hydrogens is 440 g/mol. The van der Waals surface area contributed by atoms with Crippen molar-refractivity contribution in [1.82, 2.24) is 14.8 Å². The maximum atomic E-state index is 12.6. The highest BCUT2D eigenvalue weighted by Gasteiger charge is 2.42. The topological polar surface area (TPSA) is 87.5 Å². The molecule has 0 unspecified atom stereocenters. The summed E-state index contributed by atoms with van der Waals surface area (Å²) in [5, 5.41) is 12.1. The normalized spacial score (nSPS) is 16.1. The number of benzene rings is 2. The van der Waals surface area contributed by atoms with Crippen molar-refractivity contribution in [2.24, 2.45) is 7.05 Å². The predicted molar refractivity (Wildman–Crippen MR) is 126 cm³/mol. The summed E-state index contributed by atoms with van der Waals surface area (Å²) in [6, 6.07) is 13.2.